The molecule has 1 saturated heterocycles. The summed E-state index contributed by atoms with van der Waals surface area (Å²) in [5.74, 6) is 0.0358. The number of β-lactam (4-membered cyclic amide) rings is 1. The molecule has 1 aromatic rings. The van der Waals surface area contributed by atoms with E-state index >= 15 is 0 Å². The standard InChI is InChI=1S/C25H41NO2Si/c1-9-10-11-12-13-14-22(28-29(7,8)25(4,5)6)23-20(3)24(27)26(23)21-17-15-19(2)16-18-21/h15-18,22-23H,3,9-14H2,1-2,4-8H3/t22-,23-/m1/s1. The summed E-state index contributed by atoms with van der Waals surface area (Å²) in [5.41, 5.74) is 2.85. The summed E-state index contributed by atoms with van der Waals surface area (Å²) in [7, 11) is -1.96. The lowest BCUT2D eigenvalue weighted by Crippen LogP contribution is -2.63. The Morgan fingerprint density at radius 1 is 1.10 bits per heavy atom. The first-order valence-electron chi connectivity index (χ1n) is 11.3. The first-order chi connectivity index (χ1) is 13.5. The van der Waals surface area contributed by atoms with Crippen LogP contribution in [-0.4, -0.2) is 26.4 Å². The molecule has 1 amide bonds. The zero-order valence-corrected chi connectivity index (χ0v) is 20.7. The largest absolute Gasteiger partial charge is 0.411 e. The second-order valence-corrected chi connectivity index (χ2v) is 14.9. The lowest BCUT2D eigenvalue weighted by molar-refractivity contribution is -0.120. The highest BCUT2D eigenvalue weighted by molar-refractivity contribution is 6.74. The van der Waals surface area contributed by atoms with Crippen molar-refractivity contribution < 1.29 is 9.22 Å². The van der Waals surface area contributed by atoms with Crippen LogP contribution in [0.4, 0.5) is 5.69 Å². The van der Waals surface area contributed by atoms with Gasteiger partial charge in [0.05, 0.1) is 12.1 Å². The number of carbonyl (C=O) groups is 1. The van der Waals surface area contributed by atoms with Crippen LogP contribution in [0.2, 0.25) is 18.1 Å². The molecule has 0 aromatic heterocycles. The van der Waals surface area contributed by atoms with Crippen molar-refractivity contribution in [2.45, 2.75) is 103 Å². The summed E-state index contributed by atoms with van der Waals surface area (Å²) in [4.78, 5) is 14.6. The predicted octanol–water partition coefficient (Wildman–Crippen LogP) is 7.02. The van der Waals surface area contributed by atoms with E-state index in [0.29, 0.717) is 5.57 Å². The third-order valence-corrected chi connectivity index (χ3v) is 11.1. The van der Waals surface area contributed by atoms with E-state index in [2.05, 4.69) is 66.4 Å². The topological polar surface area (TPSA) is 29.5 Å². The average Bonchev–Trinajstić information content (AvgIpc) is 2.64. The molecule has 1 aromatic carbocycles. The van der Waals surface area contributed by atoms with Gasteiger partial charge in [-0.15, -0.1) is 0 Å². The van der Waals surface area contributed by atoms with Crippen molar-refractivity contribution in [2.75, 3.05) is 4.90 Å². The van der Waals surface area contributed by atoms with Gasteiger partial charge in [-0.1, -0.05) is 84.1 Å². The Morgan fingerprint density at radius 2 is 1.69 bits per heavy atom. The minimum absolute atomic E-state index is 0.0176. The number of hydrogen-bond donors (Lipinski definition) is 0. The highest BCUT2D eigenvalue weighted by Crippen LogP contribution is 2.42. The van der Waals surface area contributed by atoms with Crippen molar-refractivity contribution in [2.24, 2.45) is 0 Å². The molecule has 29 heavy (non-hydrogen) atoms. The van der Waals surface area contributed by atoms with E-state index in [9.17, 15) is 4.79 Å². The van der Waals surface area contributed by atoms with E-state index in [1.807, 2.05) is 17.0 Å². The number of anilines is 1. The molecular weight excluding hydrogens is 374 g/mol. The number of rotatable bonds is 10. The molecule has 2 atom stereocenters. The average molecular weight is 416 g/mol. The van der Waals surface area contributed by atoms with Gasteiger partial charge in [-0.3, -0.25) is 9.69 Å². The fourth-order valence-electron chi connectivity index (χ4n) is 3.66. The highest BCUT2D eigenvalue weighted by Gasteiger charge is 2.49. The second-order valence-electron chi connectivity index (χ2n) is 10.1. The highest BCUT2D eigenvalue weighted by atomic mass is 28.4. The molecule has 1 fully saturated rings. The van der Waals surface area contributed by atoms with E-state index < -0.39 is 8.32 Å². The van der Waals surface area contributed by atoms with Gasteiger partial charge >= 0.3 is 0 Å². The Morgan fingerprint density at radius 3 is 2.24 bits per heavy atom. The van der Waals surface area contributed by atoms with Gasteiger partial charge in [-0.25, -0.2) is 0 Å². The van der Waals surface area contributed by atoms with Gasteiger partial charge in [-0.05, 0) is 43.6 Å². The molecule has 4 heteroatoms. The minimum atomic E-state index is -1.96. The van der Waals surface area contributed by atoms with E-state index in [0.717, 1.165) is 18.5 Å². The monoisotopic (exact) mass is 415 g/mol. The fourth-order valence-corrected chi connectivity index (χ4v) is 5.01. The molecule has 2 rings (SSSR count). The van der Waals surface area contributed by atoms with Gasteiger partial charge in [0.15, 0.2) is 8.32 Å². The third-order valence-electron chi connectivity index (χ3n) is 6.64. The zero-order chi connectivity index (χ0) is 21.8. The van der Waals surface area contributed by atoms with E-state index in [1.54, 1.807) is 0 Å². The number of nitrogens with zero attached hydrogens (tertiary/aromatic N) is 1. The lowest BCUT2D eigenvalue weighted by Gasteiger charge is -2.49. The van der Waals surface area contributed by atoms with Crippen molar-refractivity contribution >= 4 is 19.9 Å². The summed E-state index contributed by atoms with van der Waals surface area (Å²) >= 11 is 0. The number of benzene rings is 1. The molecule has 0 radical (unpaired) electrons. The molecule has 0 spiro atoms. The molecule has 0 unspecified atom stereocenters. The third kappa shape index (κ3) is 5.61. The first kappa shape index (κ1) is 23.9. The van der Waals surface area contributed by atoms with Crippen molar-refractivity contribution in [3.05, 3.63) is 42.0 Å². The SMILES string of the molecule is C=C1C(=O)N(c2ccc(C)cc2)[C@H]1[C@@H](CCCCCCC)O[Si](C)(C)C(C)(C)C. The maximum atomic E-state index is 12.7. The van der Waals surface area contributed by atoms with E-state index in [1.165, 1.54) is 31.2 Å². The molecule has 1 heterocycles. The number of carbonyl (C=O) groups excluding carboxylic acids is 1. The molecule has 3 nitrogen and oxygen atoms in total. The van der Waals surface area contributed by atoms with Crippen LogP contribution in [-0.2, 0) is 9.22 Å². The summed E-state index contributed by atoms with van der Waals surface area (Å²) < 4.78 is 6.89. The van der Waals surface area contributed by atoms with Crippen molar-refractivity contribution in [1.29, 1.82) is 0 Å². The van der Waals surface area contributed by atoms with Gasteiger partial charge in [0.1, 0.15) is 0 Å². The van der Waals surface area contributed by atoms with Crippen LogP contribution in [0.3, 0.4) is 0 Å². The van der Waals surface area contributed by atoms with Crippen molar-refractivity contribution in [1.82, 2.24) is 0 Å². The Kier molecular flexibility index (Phi) is 7.91. The Hall–Kier alpha value is -1.39. The molecule has 0 N–H and O–H groups in total. The quantitative estimate of drug-likeness (QED) is 0.178. The summed E-state index contributed by atoms with van der Waals surface area (Å²) in [6.07, 6.45) is 7.17. The van der Waals surface area contributed by atoms with Gasteiger partial charge in [0.2, 0.25) is 0 Å². The normalized spacial score (nSPS) is 18.7. The Bertz CT molecular complexity index is 703. The number of hydrogen-bond acceptors (Lipinski definition) is 2. The van der Waals surface area contributed by atoms with Crippen LogP contribution in [0.5, 0.6) is 0 Å². The van der Waals surface area contributed by atoms with Crippen LogP contribution in [0.25, 0.3) is 0 Å². The Labute approximate surface area is 179 Å². The number of aryl methyl sites for hydroxylation is 1. The van der Waals surface area contributed by atoms with Crippen LogP contribution >= 0.6 is 0 Å². The van der Waals surface area contributed by atoms with Gasteiger partial charge in [0.25, 0.3) is 5.91 Å². The van der Waals surface area contributed by atoms with Crippen molar-refractivity contribution in [3.8, 4) is 0 Å². The second kappa shape index (κ2) is 9.61. The Balaban J connectivity index is 2.23. The zero-order valence-electron chi connectivity index (χ0n) is 19.7. The maximum absolute atomic E-state index is 12.7. The fraction of sp³-hybridized carbons (Fsp3) is 0.640. The molecule has 1 aliphatic heterocycles. The molecule has 0 aliphatic carbocycles. The van der Waals surface area contributed by atoms with Crippen LogP contribution in [0, 0.1) is 6.92 Å². The summed E-state index contributed by atoms with van der Waals surface area (Å²) in [6.45, 7) is 19.9. The first-order valence-corrected chi connectivity index (χ1v) is 14.2. The molecule has 162 valence electrons. The van der Waals surface area contributed by atoms with Gasteiger partial charge in [0, 0.05) is 11.3 Å². The minimum Gasteiger partial charge on any atom is -0.411 e. The smallest absolute Gasteiger partial charge is 0.256 e. The molecule has 0 bridgehead atoms. The molecule has 0 saturated carbocycles. The molecule has 1 aliphatic rings. The van der Waals surface area contributed by atoms with E-state index in [-0.39, 0.29) is 23.1 Å². The van der Waals surface area contributed by atoms with Crippen molar-refractivity contribution in [3.63, 3.8) is 0 Å². The summed E-state index contributed by atoms with van der Waals surface area (Å²) in [6, 6.07) is 8.16. The number of amides is 1. The predicted molar refractivity (Wildman–Crippen MR) is 127 cm³/mol. The van der Waals surface area contributed by atoms with E-state index in [4.69, 9.17) is 4.43 Å². The maximum Gasteiger partial charge on any atom is 0.256 e. The number of unbranched alkanes of at least 4 members (excludes halogenated alkanes) is 4. The lowest BCUT2D eigenvalue weighted by atomic mass is 9.87. The van der Waals surface area contributed by atoms with Gasteiger partial charge in [-0.2, -0.15) is 0 Å². The van der Waals surface area contributed by atoms with Crippen LogP contribution < -0.4 is 4.90 Å². The van der Waals surface area contributed by atoms with Crippen LogP contribution in [0.1, 0.15) is 71.8 Å². The van der Waals surface area contributed by atoms with Gasteiger partial charge < -0.3 is 4.43 Å². The van der Waals surface area contributed by atoms with Crippen LogP contribution in [0.15, 0.2) is 36.4 Å². The summed E-state index contributed by atoms with van der Waals surface area (Å²) in [5, 5.41) is 0.136. The molecular formula is C25H41NO2Si.